The van der Waals surface area contributed by atoms with Crippen LogP contribution in [0, 0.1) is 0 Å². The average Bonchev–Trinajstić information content (AvgIpc) is 2.88. The van der Waals surface area contributed by atoms with E-state index in [0.717, 1.165) is 23.2 Å². The van der Waals surface area contributed by atoms with Crippen molar-refractivity contribution in [1.29, 1.82) is 0 Å². The minimum absolute atomic E-state index is 0.0487. The molecule has 0 amide bonds. The first-order valence-electron chi connectivity index (χ1n) is 4.46. The van der Waals surface area contributed by atoms with Gasteiger partial charge in [-0.15, -0.1) is 0 Å². The summed E-state index contributed by atoms with van der Waals surface area (Å²) in [7, 11) is 0. The van der Waals surface area contributed by atoms with Gasteiger partial charge in [-0.2, -0.15) is 5.10 Å². The third kappa shape index (κ3) is 1.27. The molecule has 74 valence electrons. The molecule has 0 spiro atoms. The summed E-state index contributed by atoms with van der Waals surface area (Å²) < 4.78 is 5.29. The Bertz CT molecular complexity index is 350. The molecule has 1 fully saturated rings. The molecular weight excluding hydrogens is 200 g/mol. The highest BCUT2D eigenvalue weighted by Gasteiger charge is 2.28. The van der Waals surface area contributed by atoms with Crippen molar-refractivity contribution in [3.63, 3.8) is 0 Å². The zero-order valence-corrected chi connectivity index (χ0v) is 8.25. The van der Waals surface area contributed by atoms with E-state index in [1.165, 1.54) is 0 Å². The van der Waals surface area contributed by atoms with Gasteiger partial charge in [0.15, 0.2) is 11.3 Å². The molecule has 1 aromatic heterocycles. The van der Waals surface area contributed by atoms with Crippen LogP contribution in [0.5, 0.6) is 0 Å². The van der Waals surface area contributed by atoms with E-state index in [-0.39, 0.29) is 6.17 Å². The molecule has 1 saturated heterocycles. The molecule has 0 saturated carbocycles. The minimum atomic E-state index is -0.0487. The number of hydrazine groups is 1. The van der Waals surface area contributed by atoms with E-state index in [1.807, 2.05) is 17.1 Å². The average molecular weight is 210 g/mol. The minimum Gasteiger partial charge on any atom is -0.466 e. The number of amidine groups is 1. The zero-order chi connectivity index (χ0) is 9.38. The van der Waals surface area contributed by atoms with E-state index >= 15 is 0 Å². The molecule has 2 N–H and O–H groups in total. The molecule has 1 atom stereocenters. The highest BCUT2D eigenvalue weighted by Crippen LogP contribution is 2.22. The van der Waals surface area contributed by atoms with Crippen LogP contribution in [0.1, 0.15) is 11.9 Å². The number of hydrogen-bond acceptors (Lipinski definition) is 6. The van der Waals surface area contributed by atoms with Gasteiger partial charge in [-0.25, -0.2) is 5.43 Å². The maximum absolute atomic E-state index is 5.29. The first-order valence-corrected chi connectivity index (χ1v) is 5.45. The van der Waals surface area contributed by atoms with E-state index < -0.39 is 0 Å². The van der Waals surface area contributed by atoms with Crippen LogP contribution < -0.4 is 10.9 Å². The Morgan fingerprint density at radius 2 is 2.64 bits per heavy atom. The van der Waals surface area contributed by atoms with Crippen molar-refractivity contribution in [2.75, 3.05) is 12.3 Å². The van der Waals surface area contributed by atoms with Crippen molar-refractivity contribution in [3.05, 3.63) is 24.2 Å². The van der Waals surface area contributed by atoms with Gasteiger partial charge in [0, 0.05) is 12.3 Å². The van der Waals surface area contributed by atoms with E-state index in [0.29, 0.717) is 0 Å². The van der Waals surface area contributed by atoms with Crippen LogP contribution in [0.15, 0.2) is 27.9 Å². The third-order valence-electron chi connectivity index (χ3n) is 2.18. The van der Waals surface area contributed by atoms with E-state index in [1.54, 1.807) is 18.0 Å². The summed E-state index contributed by atoms with van der Waals surface area (Å²) >= 11 is 1.75. The highest BCUT2D eigenvalue weighted by molar-refractivity contribution is 8.14. The fourth-order valence-electron chi connectivity index (χ4n) is 1.50. The molecule has 0 aliphatic carbocycles. The lowest BCUT2D eigenvalue weighted by Crippen LogP contribution is -2.49. The molecule has 6 heteroatoms. The van der Waals surface area contributed by atoms with E-state index in [4.69, 9.17) is 4.42 Å². The first-order chi connectivity index (χ1) is 6.93. The van der Waals surface area contributed by atoms with Gasteiger partial charge in [-0.05, 0) is 12.1 Å². The predicted molar refractivity (Wildman–Crippen MR) is 54.3 cm³/mol. The number of furan rings is 1. The number of nitrogens with one attached hydrogen (secondary N) is 2. The number of hydrazone groups is 1. The molecule has 2 aliphatic rings. The second-order valence-corrected chi connectivity index (χ2v) is 4.16. The summed E-state index contributed by atoms with van der Waals surface area (Å²) in [5.41, 5.74) is 6.31. The van der Waals surface area contributed by atoms with Crippen LogP contribution in [0.4, 0.5) is 0 Å². The summed E-state index contributed by atoms with van der Waals surface area (Å²) in [6.07, 6.45) is 1.61. The SMILES string of the molecule is c1coc(C2NN=C3SCCN3N2)c1. The van der Waals surface area contributed by atoms with E-state index in [2.05, 4.69) is 16.0 Å². The van der Waals surface area contributed by atoms with Crippen molar-refractivity contribution in [2.45, 2.75) is 6.17 Å². The first kappa shape index (κ1) is 8.19. The molecule has 5 nitrogen and oxygen atoms in total. The van der Waals surface area contributed by atoms with Gasteiger partial charge in [0.1, 0.15) is 5.76 Å². The van der Waals surface area contributed by atoms with Gasteiger partial charge in [-0.1, -0.05) is 11.8 Å². The number of rotatable bonds is 1. The van der Waals surface area contributed by atoms with Crippen LogP contribution in [0.25, 0.3) is 0 Å². The van der Waals surface area contributed by atoms with Gasteiger partial charge in [-0.3, -0.25) is 10.4 Å². The van der Waals surface area contributed by atoms with Crippen molar-refractivity contribution < 1.29 is 4.42 Å². The monoisotopic (exact) mass is 210 g/mol. The Hall–Kier alpha value is -1.14. The van der Waals surface area contributed by atoms with Crippen LogP contribution in [0.2, 0.25) is 0 Å². The summed E-state index contributed by atoms with van der Waals surface area (Å²) in [5, 5.41) is 7.32. The van der Waals surface area contributed by atoms with E-state index in [9.17, 15) is 0 Å². The topological polar surface area (TPSA) is 52.8 Å². The van der Waals surface area contributed by atoms with Gasteiger partial charge in [0.25, 0.3) is 0 Å². The fraction of sp³-hybridized carbons (Fsp3) is 0.375. The molecule has 3 heterocycles. The van der Waals surface area contributed by atoms with Crippen molar-refractivity contribution in [1.82, 2.24) is 15.9 Å². The fourth-order valence-corrected chi connectivity index (χ4v) is 2.37. The predicted octanol–water partition coefficient (Wildman–Crippen LogP) is 0.706. The van der Waals surface area contributed by atoms with Gasteiger partial charge in [0.2, 0.25) is 0 Å². The van der Waals surface area contributed by atoms with Crippen molar-refractivity contribution in [3.8, 4) is 0 Å². The molecule has 0 radical (unpaired) electrons. The van der Waals surface area contributed by atoms with Crippen molar-refractivity contribution >= 4 is 16.9 Å². The normalized spacial score (nSPS) is 25.6. The lowest BCUT2D eigenvalue weighted by atomic mass is 10.4. The van der Waals surface area contributed by atoms with Crippen molar-refractivity contribution in [2.24, 2.45) is 5.10 Å². The number of thioether (sulfide) groups is 1. The second kappa shape index (κ2) is 3.21. The van der Waals surface area contributed by atoms with Crippen LogP contribution in [0.3, 0.4) is 0 Å². The molecule has 1 aromatic rings. The summed E-state index contributed by atoms with van der Waals surface area (Å²) in [6, 6.07) is 3.80. The zero-order valence-electron chi connectivity index (χ0n) is 7.43. The summed E-state index contributed by atoms with van der Waals surface area (Å²) in [5.74, 6) is 1.93. The highest BCUT2D eigenvalue weighted by atomic mass is 32.2. The Labute approximate surface area is 85.5 Å². The lowest BCUT2D eigenvalue weighted by Gasteiger charge is -2.29. The van der Waals surface area contributed by atoms with Gasteiger partial charge in [0.05, 0.1) is 6.26 Å². The Morgan fingerprint density at radius 1 is 1.64 bits per heavy atom. The summed E-state index contributed by atoms with van der Waals surface area (Å²) in [6.45, 7) is 0.988. The molecule has 1 unspecified atom stereocenters. The maximum atomic E-state index is 5.29. The largest absolute Gasteiger partial charge is 0.466 e. The molecule has 3 rings (SSSR count). The van der Waals surface area contributed by atoms with Crippen LogP contribution >= 0.6 is 11.8 Å². The molecular formula is C8H10N4OS. The molecule has 14 heavy (non-hydrogen) atoms. The standard InChI is InChI=1S/C8H10N4OS/c1-2-6(13-4-1)7-9-10-8-12(11-7)3-5-14-8/h1-2,4,7,9,11H,3,5H2. The number of nitrogens with zero attached hydrogens (tertiary/aromatic N) is 2. The Kier molecular flexibility index (Phi) is 1.88. The van der Waals surface area contributed by atoms with Crippen LogP contribution in [-0.2, 0) is 0 Å². The van der Waals surface area contributed by atoms with Gasteiger partial charge < -0.3 is 4.42 Å². The molecule has 2 aliphatic heterocycles. The second-order valence-electron chi connectivity index (χ2n) is 3.10. The molecule has 0 aromatic carbocycles. The van der Waals surface area contributed by atoms with Gasteiger partial charge >= 0.3 is 0 Å². The summed E-state index contributed by atoms with van der Waals surface area (Å²) in [4.78, 5) is 0. The maximum Gasteiger partial charge on any atom is 0.197 e. The Balaban J connectivity index is 1.81. The third-order valence-corrected chi connectivity index (χ3v) is 3.14. The Morgan fingerprint density at radius 3 is 3.50 bits per heavy atom. The molecule has 0 bridgehead atoms. The number of fused-ring (bicyclic) bond motifs is 1. The quantitative estimate of drug-likeness (QED) is 0.715. The number of hydrogen-bond donors (Lipinski definition) is 2. The van der Waals surface area contributed by atoms with Crippen LogP contribution in [-0.4, -0.2) is 22.5 Å². The smallest absolute Gasteiger partial charge is 0.197 e. The lowest BCUT2D eigenvalue weighted by molar-refractivity contribution is 0.210.